The van der Waals surface area contributed by atoms with E-state index in [9.17, 15) is 9.90 Å². The summed E-state index contributed by atoms with van der Waals surface area (Å²) >= 11 is 14.6. The van der Waals surface area contributed by atoms with E-state index in [2.05, 4.69) is 10.1 Å². The molecule has 4 aromatic rings. The van der Waals surface area contributed by atoms with Crippen LogP contribution in [0.1, 0.15) is 40.4 Å². The number of aromatic carboxylic acids is 1. The number of piperidine rings is 1. The van der Waals surface area contributed by atoms with E-state index in [0.717, 1.165) is 52.6 Å². The number of aromatic nitrogens is 2. The van der Waals surface area contributed by atoms with Gasteiger partial charge in [-0.1, -0.05) is 45.8 Å². The molecule has 7 rings (SSSR count). The normalized spacial score (nSPS) is 22.9. The molecule has 2 aromatic carbocycles. The third-order valence-electron chi connectivity index (χ3n) is 7.78. The first kappa shape index (κ1) is 25.3. The van der Waals surface area contributed by atoms with Gasteiger partial charge in [-0.05, 0) is 43.2 Å². The maximum Gasteiger partial charge on any atom is 0.335 e. The molecular formula is C28H25Cl2N3O5S. The summed E-state index contributed by atoms with van der Waals surface area (Å²) in [7, 11) is 0. The number of hydrogen-bond donors (Lipinski definition) is 1. The number of carboxylic acids is 1. The number of fused-ring (bicyclic) bond motifs is 3. The van der Waals surface area contributed by atoms with Crippen molar-refractivity contribution in [2.24, 2.45) is 11.8 Å². The molecule has 1 saturated carbocycles. The fourth-order valence-corrected chi connectivity index (χ4v) is 7.34. The first-order chi connectivity index (χ1) is 19.0. The van der Waals surface area contributed by atoms with Gasteiger partial charge in [-0.3, -0.25) is 0 Å². The number of rotatable bonds is 7. The van der Waals surface area contributed by atoms with E-state index in [1.165, 1.54) is 11.3 Å². The summed E-state index contributed by atoms with van der Waals surface area (Å²) in [5.74, 6) is 0.618. The Kier molecular flexibility index (Phi) is 6.52. The molecule has 202 valence electrons. The van der Waals surface area contributed by atoms with Crippen LogP contribution >= 0.6 is 34.5 Å². The minimum atomic E-state index is -0.936. The van der Waals surface area contributed by atoms with Crippen molar-refractivity contribution in [3.8, 4) is 11.3 Å². The number of thiazole rings is 1. The maximum atomic E-state index is 11.4. The van der Waals surface area contributed by atoms with E-state index in [1.54, 1.807) is 30.3 Å². The zero-order valence-corrected chi connectivity index (χ0v) is 23.1. The molecule has 39 heavy (non-hydrogen) atoms. The molecule has 0 spiro atoms. The Morgan fingerprint density at radius 2 is 1.87 bits per heavy atom. The Morgan fingerprint density at radius 1 is 1.13 bits per heavy atom. The molecule has 2 saturated heterocycles. The van der Waals surface area contributed by atoms with E-state index in [1.807, 2.05) is 6.07 Å². The summed E-state index contributed by atoms with van der Waals surface area (Å²) in [4.78, 5) is 18.5. The van der Waals surface area contributed by atoms with E-state index in [0.29, 0.717) is 47.0 Å². The summed E-state index contributed by atoms with van der Waals surface area (Å²) < 4.78 is 19.3. The predicted molar refractivity (Wildman–Crippen MR) is 149 cm³/mol. The van der Waals surface area contributed by atoms with Crippen molar-refractivity contribution in [3.63, 3.8) is 0 Å². The molecular weight excluding hydrogens is 561 g/mol. The largest absolute Gasteiger partial charge is 0.478 e. The number of anilines is 1. The molecule has 3 aliphatic rings. The lowest BCUT2D eigenvalue weighted by molar-refractivity contribution is -0.125. The topological polar surface area (TPSA) is 97.9 Å². The zero-order valence-electron chi connectivity index (χ0n) is 20.8. The fourth-order valence-electron chi connectivity index (χ4n) is 5.74. The van der Waals surface area contributed by atoms with Crippen LogP contribution in [0.5, 0.6) is 0 Å². The van der Waals surface area contributed by atoms with Crippen molar-refractivity contribution in [1.29, 1.82) is 0 Å². The van der Waals surface area contributed by atoms with Crippen molar-refractivity contribution in [2.75, 3.05) is 31.2 Å². The van der Waals surface area contributed by atoms with Gasteiger partial charge in [0, 0.05) is 42.0 Å². The minimum absolute atomic E-state index is 0.0134. The minimum Gasteiger partial charge on any atom is -0.478 e. The van der Waals surface area contributed by atoms with Gasteiger partial charge in [-0.25, -0.2) is 9.78 Å². The highest BCUT2D eigenvalue weighted by molar-refractivity contribution is 7.22. The highest BCUT2D eigenvalue weighted by Gasteiger charge is 2.43. The number of carboxylic acid groups (broad SMARTS) is 1. The second-order valence-corrected chi connectivity index (χ2v) is 12.3. The Balaban J connectivity index is 1.12. The van der Waals surface area contributed by atoms with Gasteiger partial charge in [0.05, 0.1) is 51.7 Å². The molecule has 2 aliphatic heterocycles. The smallest absolute Gasteiger partial charge is 0.335 e. The van der Waals surface area contributed by atoms with Crippen LogP contribution in [0, 0.1) is 11.8 Å². The van der Waals surface area contributed by atoms with Crippen LogP contribution in [0.3, 0.4) is 0 Å². The van der Waals surface area contributed by atoms with Crippen LogP contribution in [0.15, 0.2) is 40.9 Å². The second kappa shape index (κ2) is 10.1. The van der Waals surface area contributed by atoms with Gasteiger partial charge >= 0.3 is 5.97 Å². The molecule has 0 amide bonds. The quantitative estimate of drug-likeness (QED) is 0.262. The van der Waals surface area contributed by atoms with Gasteiger partial charge < -0.3 is 24.0 Å². The summed E-state index contributed by atoms with van der Waals surface area (Å²) in [6.45, 7) is 3.06. The van der Waals surface area contributed by atoms with Gasteiger partial charge in [-0.15, -0.1) is 0 Å². The number of halogens is 2. The molecule has 2 unspecified atom stereocenters. The van der Waals surface area contributed by atoms with E-state index < -0.39 is 5.97 Å². The summed E-state index contributed by atoms with van der Waals surface area (Å²) in [6, 6.07) is 10.5. The molecule has 0 radical (unpaired) electrons. The van der Waals surface area contributed by atoms with Crippen LogP contribution in [0.4, 0.5) is 5.13 Å². The molecule has 8 nitrogen and oxygen atoms in total. The fraction of sp³-hybridized carbons (Fsp3) is 0.393. The van der Waals surface area contributed by atoms with Crippen LogP contribution in [-0.4, -0.2) is 53.6 Å². The van der Waals surface area contributed by atoms with Crippen LogP contribution in [-0.2, 0) is 16.1 Å². The number of carbonyl (C=O) groups is 1. The first-order valence-electron chi connectivity index (χ1n) is 13.0. The van der Waals surface area contributed by atoms with Gasteiger partial charge in [0.25, 0.3) is 0 Å². The number of ether oxygens (including phenoxy) is 2. The van der Waals surface area contributed by atoms with E-state index in [-0.39, 0.29) is 23.5 Å². The van der Waals surface area contributed by atoms with Crippen LogP contribution < -0.4 is 4.90 Å². The van der Waals surface area contributed by atoms with Crippen molar-refractivity contribution < 1.29 is 23.9 Å². The lowest BCUT2D eigenvalue weighted by atomic mass is 9.84. The average molecular weight is 586 g/mol. The van der Waals surface area contributed by atoms with E-state index in [4.69, 9.17) is 42.2 Å². The summed E-state index contributed by atoms with van der Waals surface area (Å²) in [5, 5.41) is 15.7. The van der Waals surface area contributed by atoms with Gasteiger partial charge in [0.15, 0.2) is 5.13 Å². The Labute approximate surface area is 238 Å². The number of hydrogen-bond acceptors (Lipinski definition) is 8. The van der Waals surface area contributed by atoms with Gasteiger partial charge in [0.1, 0.15) is 11.5 Å². The highest BCUT2D eigenvalue weighted by atomic mass is 35.5. The predicted octanol–water partition coefficient (Wildman–Crippen LogP) is 6.50. The van der Waals surface area contributed by atoms with E-state index >= 15 is 0 Å². The summed E-state index contributed by atoms with van der Waals surface area (Å²) in [5.41, 5.74) is 3.34. The molecule has 4 heterocycles. The Morgan fingerprint density at radius 3 is 2.56 bits per heavy atom. The first-order valence-corrected chi connectivity index (χ1v) is 14.5. The standard InChI is InChI=1S/C28H25Cl2N3O5S/c29-19-2-1-3-20(30)23(19)24-18(26(38-32-24)14-4-5-14)13-37-25-16-9-33(10-17(25)12-36-11-16)28-31-21-7-6-15(27(34)35)8-22(21)39-28/h1-3,6-8,14,16-17,25H,4-5,9-13H2,(H,34,35). The van der Waals surface area contributed by atoms with Crippen LogP contribution in [0.2, 0.25) is 10.0 Å². The van der Waals surface area contributed by atoms with Gasteiger partial charge in [0.2, 0.25) is 0 Å². The third-order valence-corrected chi connectivity index (χ3v) is 9.49. The molecule has 1 aliphatic carbocycles. The van der Waals surface area contributed by atoms with Crippen molar-refractivity contribution in [3.05, 3.63) is 63.3 Å². The molecule has 2 aromatic heterocycles. The number of benzene rings is 2. The monoisotopic (exact) mass is 585 g/mol. The molecule has 1 N–H and O–H groups in total. The molecule has 3 fully saturated rings. The van der Waals surface area contributed by atoms with Crippen molar-refractivity contribution in [1.82, 2.24) is 10.1 Å². The lowest BCUT2D eigenvalue weighted by Gasteiger charge is -2.46. The highest BCUT2D eigenvalue weighted by Crippen LogP contribution is 2.46. The zero-order chi connectivity index (χ0) is 26.7. The van der Waals surface area contributed by atoms with Gasteiger partial charge in [-0.2, -0.15) is 0 Å². The Hall–Kier alpha value is -2.69. The summed E-state index contributed by atoms with van der Waals surface area (Å²) in [6.07, 6.45) is 2.16. The van der Waals surface area contributed by atoms with Crippen molar-refractivity contribution in [2.45, 2.75) is 31.5 Å². The number of nitrogens with zero attached hydrogens (tertiary/aromatic N) is 3. The Bertz CT molecular complexity index is 1530. The molecule has 2 bridgehead atoms. The lowest BCUT2D eigenvalue weighted by Crippen LogP contribution is -2.56. The molecule has 11 heteroatoms. The third kappa shape index (κ3) is 4.70. The second-order valence-electron chi connectivity index (χ2n) is 10.5. The SMILES string of the molecule is O=C(O)c1ccc2nc(N3CC4COCC(C3)C4OCc3c(-c4c(Cl)cccc4Cl)noc3C3CC3)sc2c1. The average Bonchev–Trinajstić information content (AvgIpc) is 3.53. The maximum absolute atomic E-state index is 11.4. The molecule has 2 atom stereocenters. The van der Waals surface area contributed by atoms with Crippen molar-refractivity contribution >= 4 is 55.9 Å². The van der Waals surface area contributed by atoms with Crippen LogP contribution in [0.25, 0.3) is 21.5 Å².